The lowest BCUT2D eigenvalue weighted by atomic mass is 10.1. The molecule has 5 heteroatoms. The van der Waals surface area contributed by atoms with Crippen LogP contribution in [-0.4, -0.2) is 35.8 Å². The molecule has 94 valence electrons. The first-order valence-corrected chi connectivity index (χ1v) is 5.53. The first kappa shape index (κ1) is 13.4. The Labute approximate surface area is 101 Å². The van der Waals surface area contributed by atoms with Crippen LogP contribution in [0.4, 0.5) is 5.69 Å². The second kappa shape index (κ2) is 6.20. The predicted molar refractivity (Wildman–Crippen MR) is 65.5 cm³/mol. The number of aromatic nitrogens is 1. The van der Waals surface area contributed by atoms with Crippen LogP contribution in [0, 0.1) is 6.92 Å². The van der Waals surface area contributed by atoms with Crippen molar-refractivity contribution >= 4 is 11.7 Å². The smallest absolute Gasteiger partial charge is 0.339 e. The number of pyridine rings is 1. The fraction of sp³-hybridized carbons (Fsp3) is 0.500. The lowest BCUT2D eigenvalue weighted by Gasteiger charge is -2.18. The normalized spacial score (nSPS) is 12.2. The number of hydrogen-bond acceptors (Lipinski definition) is 4. The number of carboxylic acids is 1. The zero-order valence-corrected chi connectivity index (χ0v) is 10.4. The molecule has 0 amide bonds. The number of rotatable bonds is 6. The molecule has 17 heavy (non-hydrogen) atoms. The predicted octanol–water partition coefficient (Wildman–Crippen LogP) is 1.93. The Morgan fingerprint density at radius 1 is 1.65 bits per heavy atom. The summed E-state index contributed by atoms with van der Waals surface area (Å²) in [6, 6.07) is 1.83. The minimum Gasteiger partial charge on any atom is -0.478 e. The zero-order valence-electron chi connectivity index (χ0n) is 10.4. The topological polar surface area (TPSA) is 71.5 Å². The van der Waals surface area contributed by atoms with Crippen LogP contribution in [0.1, 0.15) is 29.4 Å². The van der Waals surface area contributed by atoms with Crippen molar-refractivity contribution < 1.29 is 14.6 Å². The van der Waals surface area contributed by atoms with Gasteiger partial charge in [0.1, 0.15) is 5.56 Å². The summed E-state index contributed by atoms with van der Waals surface area (Å²) in [5.41, 5.74) is 1.56. The van der Waals surface area contributed by atoms with Gasteiger partial charge >= 0.3 is 5.97 Å². The van der Waals surface area contributed by atoms with E-state index in [1.165, 1.54) is 6.20 Å². The zero-order chi connectivity index (χ0) is 12.8. The van der Waals surface area contributed by atoms with Crippen LogP contribution in [0.25, 0.3) is 0 Å². The van der Waals surface area contributed by atoms with E-state index in [0.29, 0.717) is 12.3 Å². The molecule has 0 aliphatic heterocycles. The van der Waals surface area contributed by atoms with Gasteiger partial charge in [0.15, 0.2) is 0 Å². The van der Waals surface area contributed by atoms with E-state index in [2.05, 4.69) is 10.3 Å². The summed E-state index contributed by atoms with van der Waals surface area (Å²) in [4.78, 5) is 15.0. The van der Waals surface area contributed by atoms with Gasteiger partial charge in [-0.3, -0.25) is 4.98 Å². The van der Waals surface area contributed by atoms with Crippen molar-refractivity contribution in [2.24, 2.45) is 0 Å². The number of hydrogen-bond donors (Lipinski definition) is 2. The van der Waals surface area contributed by atoms with Crippen LogP contribution in [0.5, 0.6) is 0 Å². The van der Waals surface area contributed by atoms with Crippen LogP contribution in [0.3, 0.4) is 0 Å². The number of anilines is 1. The fourth-order valence-electron chi connectivity index (χ4n) is 1.53. The maximum atomic E-state index is 11.0. The molecule has 0 aromatic carbocycles. The lowest BCUT2D eigenvalue weighted by molar-refractivity contribution is 0.0697. The van der Waals surface area contributed by atoms with Gasteiger partial charge in [-0.2, -0.15) is 0 Å². The van der Waals surface area contributed by atoms with Gasteiger partial charge in [0, 0.05) is 25.0 Å². The fourth-order valence-corrected chi connectivity index (χ4v) is 1.53. The second-order valence-corrected chi connectivity index (χ2v) is 3.88. The molecule has 0 spiro atoms. The largest absolute Gasteiger partial charge is 0.478 e. The van der Waals surface area contributed by atoms with Crippen molar-refractivity contribution in [3.8, 4) is 0 Å². The van der Waals surface area contributed by atoms with E-state index < -0.39 is 5.97 Å². The highest BCUT2D eigenvalue weighted by atomic mass is 16.5. The van der Waals surface area contributed by atoms with E-state index in [9.17, 15) is 4.79 Å². The summed E-state index contributed by atoms with van der Waals surface area (Å²) in [6.07, 6.45) is 2.23. The van der Waals surface area contributed by atoms with Gasteiger partial charge in [0.05, 0.1) is 12.3 Å². The molecule has 0 bridgehead atoms. The molecule has 1 aromatic rings. The summed E-state index contributed by atoms with van der Waals surface area (Å²) < 4.78 is 5.07. The molecule has 0 fully saturated rings. The van der Waals surface area contributed by atoms with Gasteiger partial charge in [-0.1, -0.05) is 6.92 Å². The number of methoxy groups -OCH3 is 1. The first-order valence-electron chi connectivity index (χ1n) is 5.53. The minimum atomic E-state index is -0.979. The molecule has 0 saturated carbocycles. The van der Waals surface area contributed by atoms with Crippen LogP contribution in [0.2, 0.25) is 0 Å². The van der Waals surface area contributed by atoms with Gasteiger partial charge in [-0.15, -0.1) is 0 Å². The Bertz CT molecular complexity index is 393. The molecule has 0 aliphatic carbocycles. The molecule has 2 N–H and O–H groups in total. The Balaban J connectivity index is 2.94. The summed E-state index contributed by atoms with van der Waals surface area (Å²) in [7, 11) is 1.63. The number of nitrogens with one attached hydrogen (secondary N) is 1. The van der Waals surface area contributed by atoms with Crippen molar-refractivity contribution in [2.75, 3.05) is 19.0 Å². The molecule has 0 radical (unpaired) electrons. The Morgan fingerprint density at radius 2 is 2.35 bits per heavy atom. The molecular weight excluding hydrogens is 220 g/mol. The Hall–Kier alpha value is -1.62. The summed E-state index contributed by atoms with van der Waals surface area (Å²) >= 11 is 0. The van der Waals surface area contributed by atoms with E-state index in [4.69, 9.17) is 9.84 Å². The average Bonchev–Trinajstić information content (AvgIpc) is 2.28. The summed E-state index contributed by atoms with van der Waals surface area (Å²) in [6.45, 7) is 4.39. The van der Waals surface area contributed by atoms with Crippen molar-refractivity contribution in [1.82, 2.24) is 4.98 Å². The minimum absolute atomic E-state index is 0.0971. The van der Waals surface area contributed by atoms with Crippen LogP contribution < -0.4 is 5.32 Å². The molecule has 0 aliphatic rings. The number of aromatic carboxylic acids is 1. The van der Waals surface area contributed by atoms with Gasteiger partial charge in [-0.05, 0) is 19.4 Å². The third kappa shape index (κ3) is 3.71. The number of carbonyl (C=O) groups is 1. The highest BCUT2D eigenvalue weighted by Crippen LogP contribution is 2.17. The van der Waals surface area contributed by atoms with E-state index in [-0.39, 0.29) is 11.6 Å². The van der Waals surface area contributed by atoms with Gasteiger partial charge in [-0.25, -0.2) is 4.79 Å². The highest BCUT2D eigenvalue weighted by Gasteiger charge is 2.14. The van der Waals surface area contributed by atoms with Crippen LogP contribution in [-0.2, 0) is 4.74 Å². The van der Waals surface area contributed by atoms with E-state index in [1.807, 2.05) is 13.8 Å². The Kier molecular flexibility index (Phi) is 4.90. The monoisotopic (exact) mass is 238 g/mol. The molecule has 1 atom stereocenters. The van der Waals surface area contributed by atoms with Gasteiger partial charge in [0.2, 0.25) is 0 Å². The quantitative estimate of drug-likeness (QED) is 0.792. The number of ether oxygens (including phenoxy) is 1. The third-order valence-electron chi connectivity index (χ3n) is 2.49. The molecule has 1 rings (SSSR count). The van der Waals surface area contributed by atoms with Crippen molar-refractivity contribution in [2.45, 2.75) is 26.3 Å². The van der Waals surface area contributed by atoms with E-state index in [1.54, 1.807) is 13.2 Å². The number of aryl methyl sites for hydroxylation is 1. The molecule has 0 saturated heterocycles. The van der Waals surface area contributed by atoms with Crippen LogP contribution >= 0.6 is 0 Å². The summed E-state index contributed by atoms with van der Waals surface area (Å²) in [5.74, 6) is -0.979. The van der Waals surface area contributed by atoms with Crippen molar-refractivity contribution in [1.29, 1.82) is 0 Å². The Morgan fingerprint density at radius 3 is 2.88 bits per heavy atom. The van der Waals surface area contributed by atoms with Gasteiger partial charge < -0.3 is 15.2 Å². The molecule has 1 unspecified atom stereocenters. The number of carboxylic acid groups (broad SMARTS) is 1. The number of nitrogens with zero attached hydrogens (tertiary/aromatic N) is 1. The average molecular weight is 238 g/mol. The molecule has 1 aromatic heterocycles. The van der Waals surface area contributed by atoms with E-state index >= 15 is 0 Å². The molecular formula is C12H18N2O3. The summed E-state index contributed by atoms with van der Waals surface area (Å²) in [5, 5.41) is 12.2. The van der Waals surface area contributed by atoms with Crippen molar-refractivity contribution in [3.63, 3.8) is 0 Å². The van der Waals surface area contributed by atoms with Crippen molar-refractivity contribution in [3.05, 3.63) is 23.5 Å². The van der Waals surface area contributed by atoms with Gasteiger partial charge in [0.25, 0.3) is 0 Å². The lowest BCUT2D eigenvalue weighted by Crippen LogP contribution is -2.25. The first-order chi connectivity index (χ1) is 8.08. The molecule has 1 heterocycles. The SMILES string of the molecule is CCC(COC)Nc1cc(C)ncc1C(=O)O. The maximum absolute atomic E-state index is 11.0. The van der Waals surface area contributed by atoms with Crippen LogP contribution in [0.15, 0.2) is 12.3 Å². The molecule has 5 nitrogen and oxygen atoms in total. The third-order valence-corrected chi connectivity index (χ3v) is 2.49. The van der Waals surface area contributed by atoms with E-state index in [0.717, 1.165) is 12.1 Å². The highest BCUT2D eigenvalue weighted by molar-refractivity contribution is 5.93. The second-order valence-electron chi connectivity index (χ2n) is 3.88. The maximum Gasteiger partial charge on any atom is 0.339 e. The standard InChI is InChI=1S/C12H18N2O3/c1-4-9(7-17-3)14-11-5-8(2)13-6-10(11)12(15)16/h5-6,9H,4,7H2,1-3H3,(H,13,14)(H,15,16).